The first kappa shape index (κ1) is 16.5. The summed E-state index contributed by atoms with van der Waals surface area (Å²) in [6, 6.07) is 16.0. The molecule has 1 aromatic carbocycles. The molecule has 1 aliphatic heterocycles. The molecule has 0 unspecified atom stereocenters. The largest absolute Gasteiger partial charge is 0.318 e. The van der Waals surface area contributed by atoms with Crippen molar-refractivity contribution in [2.75, 3.05) is 43.0 Å². The first-order chi connectivity index (χ1) is 11.7. The minimum absolute atomic E-state index is 0.0305. The van der Waals surface area contributed by atoms with E-state index in [1.54, 1.807) is 4.90 Å². The van der Waals surface area contributed by atoms with Gasteiger partial charge in [-0.15, -0.1) is 0 Å². The maximum Gasteiger partial charge on any atom is 0.284 e. The molecule has 1 aromatic heterocycles. The molecule has 1 amide bonds. The van der Waals surface area contributed by atoms with Crippen LogP contribution in [0.5, 0.6) is 0 Å². The van der Waals surface area contributed by atoms with E-state index in [1.807, 2.05) is 62.6 Å². The zero-order valence-corrected chi connectivity index (χ0v) is 14.4. The van der Waals surface area contributed by atoms with E-state index < -0.39 is 0 Å². The van der Waals surface area contributed by atoms with Gasteiger partial charge in [-0.3, -0.25) is 9.69 Å². The standard InChI is InChI=1S/C19H24N4O/c1-16(19(24)21(2)17-8-4-3-5-9-17)22-12-14-23(15-13-22)18-10-6-7-11-20-18/h3-11,16H,12-15H2,1-2H3/p+2/t16-/m1/s1. The molecule has 1 saturated heterocycles. The van der Waals surface area contributed by atoms with Crippen LogP contribution in [-0.2, 0) is 4.79 Å². The molecule has 0 spiro atoms. The second kappa shape index (κ2) is 7.45. The van der Waals surface area contributed by atoms with Gasteiger partial charge in [-0.1, -0.05) is 24.3 Å². The molecule has 1 aliphatic rings. The normalized spacial score (nSPS) is 16.7. The van der Waals surface area contributed by atoms with Gasteiger partial charge in [0.15, 0.2) is 6.04 Å². The lowest BCUT2D eigenvalue weighted by Crippen LogP contribution is -3.19. The number of piperazine rings is 1. The van der Waals surface area contributed by atoms with Gasteiger partial charge in [0.2, 0.25) is 0 Å². The first-order valence-corrected chi connectivity index (χ1v) is 8.55. The molecule has 5 heteroatoms. The Kier molecular flexibility index (Phi) is 5.11. The molecule has 0 bridgehead atoms. The highest BCUT2D eigenvalue weighted by molar-refractivity contribution is 5.95. The number of aromatic nitrogens is 1. The molecule has 5 nitrogen and oxygen atoms in total. The molecule has 3 rings (SSSR count). The summed E-state index contributed by atoms with van der Waals surface area (Å²) in [5, 5.41) is 0. The highest BCUT2D eigenvalue weighted by Gasteiger charge is 2.33. The zero-order chi connectivity index (χ0) is 16.9. The molecule has 0 radical (unpaired) electrons. The lowest BCUT2D eigenvalue weighted by molar-refractivity contribution is -0.914. The van der Waals surface area contributed by atoms with Gasteiger partial charge in [-0.25, -0.2) is 4.98 Å². The molecular formula is C19H26N4O+2. The van der Waals surface area contributed by atoms with Crippen molar-refractivity contribution in [2.24, 2.45) is 0 Å². The Morgan fingerprint density at radius 2 is 1.79 bits per heavy atom. The van der Waals surface area contributed by atoms with E-state index in [0.717, 1.165) is 37.7 Å². The highest BCUT2D eigenvalue weighted by Crippen LogP contribution is 2.12. The molecule has 24 heavy (non-hydrogen) atoms. The van der Waals surface area contributed by atoms with E-state index in [0.29, 0.717) is 0 Å². The van der Waals surface area contributed by atoms with Gasteiger partial charge in [-0.2, -0.15) is 0 Å². The van der Waals surface area contributed by atoms with Crippen molar-refractivity contribution in [2.45, 2.75) is 13.0 Å². The smallest absolute Gasteiger partial charge is 0.284 e. The van der Waals surface area contributed by atoms with Crippen LogP contribution in [0.15, 0.2) is 54.7 Å². The van der Waals surface area contributed by atoms with E-state index in [1.165, 1.54) is 4.90 Å². The predicted molar refractivity (Wildman–Crippen MR) is 95.2 cm³/mol. The number of benzene rings is 1. The van der Waals surface area contributed by atoms with Crippen LogP contribution in [0.25, 0.3) is 0 Å². The number of para-hydroxylation sites is 1. The summed E-state index contributed by atoms with van der Waals surface area (Å²) in [6.07, 6.45) is 1.95. The summed E-state index contributed by atoms with van der Waals surface area (Å²) in [5.74, 6) is 1.33. The highest BCUT2D eigenvalue weighted by atomic mass is 16.2. The Bertz CT molecular complexity index is 654. The Morgan fingerprint density at radius 3 is 2.42 bits per heavy atom. The van der Waals surface area contributed by atoms with E-state index >= 15 is 0 Å². The van der Waals surface area contributed by atoms with E-state index in [4.69, 9.17) is 0 Å². The van der Waals surface area contributed by atoms with Gasteiger partial charge < -0.3 is 9.80 Å². The molecule has 126 valence electrons. The second-order valence-electron chi connectivity index (χ2n) is 6.35. The summed E-state index contributed by atoms with van der Waals surface area (Å²) in [6.45, 7) is 5.91. The number of carbonyl (C=O) groups excluding carboxylic acids is 1. The third-order valence-corrected chi connectivity index (χ3v) is 4.90. The lowest BCUT2D eigenvalue weighted by Gasteiger charge is -2.33. The fourth-order valence-corrected chi connectivity index (χ4v) is 3.29. The van der Waals surface area contributed by atoms with Crippen LogP contribution < -0.4 is 19.7 Å². The van der Waals surface area contributed by atoms with Gasteiger partial charge in [0, 0.05) is 18.8 Å². The van der Waals surface area contributed by atoms with Crippen LogP contribution >= 0.6 is 0 Å². The third-order valence-electron chi connectivity index (χ3n) is 4.90. The summed E-state index contributed by atoms with van der Waals surface area (Å²) in [7, 11) is 1.86. The maximum absolute atomic E-state index is 12.8. The van der Waals surface area contributed by atoms with Crippen LogP contribution in [0.1, 0.15) is 6.92 Å². The second-order valence-corrected chi connectivity index (χ2v) is 6.35. The lowest BCUT2D eigenvalue weighted by atomic mass is 10.2. The summed E-state index contributed by atoms with van der Waals surface area (Å²) in [4.78, 5) is 21.5. The maximum atomic E-state index is 12.8. The van der Waals surface area contributed by atoms with E-state index in [2.05, 4.69) is 16.0 Å². The van der Waals surface area contributed by atoms with Gasteiger partial charge in [-0.05, 0) is 25.1 Å². The number of anilines is 2. The van der Waals surface area contributed by atoms with Crippen molar-refractivity contribution in [1.82, 2.24) is 0 Å². The number of likely N-dealkylation sites (N-methyl/N-ethyl adjacent to an activating group) is 1. The number of nitrogens with one attached hydrogen (secondary N) is 2. The quantitative estimate of drug-likeness (QED) is 0.876. The Hall–Kier alpha value is -2.40. The Balaban J connectivity index is 1.58. The topological polar surface area (TPSA) is 42.1 Å². The number of nitrogens with zero attached hydrogens (tertiary/aromatic N) is 2. The first-order valence-electron chi connectivity index (χ1n) is 8.55. The SMILES string of the molecule is C[C@H](C(=O)N(C)c1ccccc1)[NH+]1CCN(c2cccc[nH+]2)CC1. The number of hydrogen-bond donors (Lipinski definition) is 1. The van der Waals surface area contributed by atoms with Crippen LogP contribution in [0.4, 0.5) is 11.5 Å². The van der Waals surface area contributed by atoms with Gasteiger partial charge in [0.25, 0.3) is 11.7 Å². The van der Waals surface area contributed by atoms with Crippen LogP contribution in [0.2, 0.25) is 0 Å². The van der Waals surface area contributed by atoms with Gasteiger partial charge in [0.1, 0.15) is 26.2 Å². The predicted octanol–water partition coefficient (Wildman–Crippen LogP) is 0.257. The van der Waals surface area contributed by atoms with Crippen molar-refractivity contribution in [1.29, 1.82) is 0 Å². The van der Waals surface area contributed by atoms with Crippen molar-refractivity contribution >= 4 is 17.4 Å². The summed E-state index contributed by atoms with van der Waals surface area (Å²) in [5.41, 5.74) is 0.950. The van der Waals surface area contributed by atoms with Gasteiger partial charge >= 0.3 is 0 Å². The number of carbonyl (C=O) groups is 1. The molecule has 1 fully saturated rings. The number of hydrogen-bond acceptors (Lipinski definition) is 2. The molecule has 2 aromatic rings. The van der Waals surface area contributed by atoms with Crippen LogP contribution in [0.3, 0.4) is 0 Å². The van der Waals surface area contributed by atoms with E-state index in [9.17, 15) is 4.79 Å². The average Bonchev–Trinajstić information content (AvgIpc) is 2.68. The monoisotopic (exact) mass is 326 g/mol. The number of rotatable bonds is 4. The Morgan fingerprint density at radius 1 is 1.12 bits per heavy atom. The number of H-pyrrole nitrogens is 1. The van der Waals surface area contributed by atoms with Gasteiger partial charge in [0.05, 0.1) is 6.20 Å². The van der Waals surface area contributed by atoms with Crippen LogP contribution in [0, 0.1) is 0 Å². The fourth-order valence-electron chi connectivity index (χ4n) is 3.29. The minimum Gasteiger partial charge on any atom is -0.318 e. The number of aromatic amines is 1. The molecule has 2 heterocycles. The molecule has 1 atom stereocenters. The number of amides is 1. The van der Waals surface area contributed by atoms with Crippen molar-refractivity contribution in [3.8, 4) is 0 Å². The average molecular weight is 326 g/mol. The van der Waals surface area contributed by atoms with Crippen molar-refractivity contribution in [3.05, 3.63) is 54.7 Å². The molecule has 0 saturated carbocycles. The molecular weight excluding hydrogens is 300 g/mol. The summed E-state index contributed by atoms with van der Waals surface area (Å²) < 4.78 is 0. The molecule has 0 aliphatic carbocycles. The Labute approximate surface area is 143 Å². The van der Waals surface area contributed by atoms with Crippen molar-refractivity contribution < 1.29 is 14.7 Å². The third kappa shape index (κ3) is 3.57. The van der Waals surface area contributed by atoms with E-state index in [-0.39, 0.29) is 11.9 Å². The summed E-state index contributed by atoms with van der Waals surface area (Å²) >= 11 is 0. The number of pyridine rings is 1. The number of quaternary nitrogens is 1. The van der Waals surface area contributed by atoms with Crippen molar-refractivity contribution in [3.63, 3.8) is 0 Å². The zero-order valence-electron chi connectivity index (χ0n) is 14.4. The minimum atomic E-state index is -0.0305. The fraction of sp³-hybridized carbons (Fsp3) is 0.368. The molecule has 2 N–H and O–H groups in total. The van der Waals surface area contributed by atoms with Crippen LogP contribution in [-0.4, -0.2) is 45.2 Å².